The Balaban J connectivity index is 1.69. The Morgan fingerprint density at radius 2 is 2.20 bits per heavy atom. The molecular weight excluding hydrogens is 368 g/mol. The minimum Gasteiger partial charge on any atom is -0.401 e. The lowest BCUT2D eigenvalue weighted by molar-refractivity contribution is -0.402. The molecule has 1 saturated heterocycles. The number of amides is 1. The number of nitrogens with one attached hydrogen (secondary N) is 1. The van der Waals surface area contributed by atoms with Gasteiger partial charge in [-0.25, -0.2) is 9.98 Å². The Bertz CT molecular complexity index is 918. The molecular formula is C15H9ClN4O4S. The van der Waals surface area contributed by atoms with Crippen LogP contribution in [0.15, 0.2) is 56.9 Å². The maximum Gasteiger partial charge on any atom is 0.433 e. The fraction of sp³-hybridized carbons (Fsp3) is 0. The van der Waals surface area contributed by atoms with Crippen LogP contribution in [0.25, 0.3) is 6.08 Å². The summed E-state index contributed by atoms with van der Waals surface area (Å²) in [6.07, 6.45) is 6.11. The number of amidine groups is 1. The van der Waals surface area contributed by atoms with Crippen LogP contribution >= 0.6 is 23.4 Å². The molecule has 2 aromatic heterocycles. The predicted molar refractivity (Wildman–Crippen MR) is 94.6 cm³/mol. The number of halogens is 1. The van der Waals surface area contributed by atoms with Gasteiger partial charge in [-0.05, 0) is 42.1 Å². The first-order chi connectivity index (χ1) is 12.0. The van der Waals surface area contributed by atoms with E-state index in [1.807, 2.05) is 0 Å². The summed E-state index contributed by atoms with van der Waals surface area (Å²) >= 11 is 6.90. The molecule has 3 rings (SSSR count). The number of nitrogens with zero attached hydrogens (tertiary/aromatic N) is 3. The number of aliphatic imine (C=N–C) groups is 1. The van der Waals surface area contributed by atoms with E-state index >= 15 is 0 Å². The van der Waals surface area contributed by atoms with Crippen LogP contribution in [0.3, 0.4) is 0 Å². The lowest BCUT2D eigenvalue weighted by atomic mass is 10.3. The molecule has 1 N–H and O–H groups in total. The molecule has 0 aromatic carbocycles. The van der Waals surface area contributed by atoms with Gasteiger partial charge in [-0.2, -0.15) is 0 Å². The Labute approximate surface area is 150 Å². The number of nitro groups is 1. The molecule has 0 unspecified atom stereocenters. The first-order valence-electron chi connectivity index (χ1n) is 6.83. The van der Waals surface area contributed by atoms with Gasteiger partial charge in [0.1, 0.15) is 10.7 Å². The number of rotatable bonds is 4. The van der Waals surface area contributed by atoms with E-state index in [1.54, 1.807) is 24.3 Å². The third-order valence-electron chi connectivity index (χ3n) is 2.88. The molecule has 0 spiro atoms. The number of aromatic nitrogens is 1. The SMILES string of the molecule is O=C1NC(=Nc2ccc(Cl)cn2)S/C1=C\C=C\c1ccc([N+](=O)[O-])o1. The molecule has 0 radical (unpaired) electrons. The lowest BCUT2D eigenvalue weighted by Crippen LogP contribution is -2.19. The fourth-order valence-electron chi connectivity index (χ4n) is 1.79. The summed E-state index contributed by atoms with van der Waals surface area (Å²) in [5.41, 5.74) is 0. The van der Waals surface area contributed by atoms with Crippen molar-refractivity contribution in [2.75, 3.05) is 0 Å². The van der Waals surface area contributed by atoms with Crippen LogP contribution in [0, 0.1) is 10.1 Å². The zero-order valence-electron chi connectivity index (χ0n) is 12.4. The predicted octanol–water partition coefficient (Wildman–Crippen LogP) is 3.68. The second-order valence-corrected chi connectivity index (χ2v) is 6.10. The molecule has 126 valence electrons. The van der Waals surface area contributed by atoms with E-state index in [-0.39, 0.29) is 11.8 Å². The highest BCUT2D eigenvalue weighted by Crippen LogP contribution is 2.26. The van der Waals surface area contributed by atoms with Crippen LogP contribution in [0.1, 0.15) is 5.76 Å². The summed E-state index contributed by atoms with van der Waals surface area (Å²) in [6, 6.07) is 6.01. The first kappa shape index (κ1) is 16.9. The topological polar surface area (TPSA) is 111 Å². The monoisotopic (exact) mass is 376 g/mol. The van der Waals surface area contributed by atoms with Crippen molar-refractivity contribution in [2.45, 2.75) is 0 Å². The number of thioether (sulfide) groups is 1. The van der Waals surface area contributed by atoms with Gasteiger partial charge in [0.05, 0.1) is 16.0 Å². The Kier molecular flexibility index (Phi) is 4.96. The van der Waals surface area contributed by atoms with Gasteiger partial charge in [-0.1, -0.05) is 17.7 Å². The minimum absolute atomic E-state index is 0.298. The van der Waals surface area contributed by atoms with Crippen LogP contribution in [0.2, 0.25) is 5.02 Å². The molecule has 0 saturated carbocycles. The maximum absolute atomic E-state index is 11.9. The van der Waals surface area contributed by atoms with Gasteiger partial charge >= 0.3 is 5.88 Å². The number of hydrogen-bond acceptors (Lipinski definition) is 7. The molecule has 0 bridgehead atoms. The van der Waals surface area contributed by atoms with E-state index in [4.69, 9.17) is 16.0 Å². The number of hydrogen-bond donors (Lipinski definition) is 1. The molecule has 1 aliphatic rings. The molecule has 25 heavy (non-hydrogen) atoms. The molecule has 8 nitrogen and oxygen atoms in total. The molecule has 0 atom stereocenters. The molecule has 3 heterocycles. The molecule has 0 aliphatic carbocycles. The highest BCUT2D eigenvalue weighted by atomic mass is 35.5. The van der Waals surface area contributed by atoms with Gasteiger partial charge in [0, 0.05) is 6.20 Å². The van der Waals surface area contributed by atoms with Crippen LogP contribution in [0.4, 0.5) is 11.7 Å². The normalized spacial score (nSPS) is 17.6. The molecule has 1 amide bonds. The van der Waals surface area contributed by atoms with E-state index in [1.165, 1.54) is 24.4 Å². The van der Waals surface area contributed by atoms with Crippen molar-refractivity contribution in [3.63, 3.8) is 0 Å². The standard InChI is InChI=1S/C15H9ClN4O4S/c16-9-4-6-12(17-8-9)18-15-19-14(21)11(25-15)3-1-2-10-5-7-13(24-10)20(22)23/h1-8H,(H,17,18,19,21)/b2-1+,11-3-. The van der Waals surface area contributed by atoms with Crippen molar-refractivity contribution < 1.29 is 14.1 Å². The third kappa shape index (κ3) is 4.34. The lowest BCUT2D eigenvalue weighted by Gasteiger charge is -1.95. The molecule has 2 aromatic rings. The van der Waals surface area contributed by atoms with Gasteiger partial charge in [-0.3, -0.25) is 14.9 Å². The zero-order chi connectivity index (χ0) is 17.8. The fourth-order valence-corrected chi connectivity index (χ4v) is 2.69. The average Bonchev–Trinajstić information content (AvgIpc) is 3.17. The van der Waals surface area contributed by atoms with Gasteiger partial charge in [0.15, 0.2) is 11.0 Å². The van der Waals surface area contributed by atoms with Crippen molar-refractivity contribution in [3.8, 4) is 0 Å². The Morgan fingerprint density at radius 1 is 1.36 bits per heavy atom. The van der Waals surface area contributed by atoms with Crippen LogP contribution in [-0.4, -0.2) is 21.0 Å². The largest absolute Gasteiger partial charge is 0.433 e. The summed E-state index contributed by atoms with van der Waals surface area (Å²) in [5.74, 6) is 0.0936. The van der Waals surface area contributed by atoms with E-state index in [9.17, 15) is 14.9 Å². The summed E-state index contributed by atoms with van der Waals surface area (Å²) in [7, 11) is 0. The van der Waals surface area contributed by atoms with Crippen molar-refractivity contribution in [2.24, 2.45) is 4.99 Å². The Morgan fingerprint density at radius 3 is 2.88 bits per heavy atom. The summed E-state index contributed by atoms with van der Waals surface area (Å²) in [4.78, 5) is 30.5. The second-order valence-electron chi connectivity index (χ2n) is 4.63. The first-order valence-corrected chi connectivity index (χ1v) is 8.03. The van der Waals surface area contributed by atoms with Gasteiger partial charge in [0.25, 0.3) is 5.91 Å². The number of furan rings is 1. The third-order valence-corrected chi connectivity index (χ3v) is 4.03. The second kappa shape index (κ2) is 7.32. The maximum atomic E-state index is 11.9. The summed E-state index contributed by atoms with van der Waals surface area (Å²) < 4.78 is 4.98. The number of allylic oxidation sites excluding steroid dienone is 2. The van der Waals surface area contributed by atoms with Crippen molar-refractivity contribution in [1.82, 2.24) is 10.3 Å². The number of pyridine rings is 1. The summed E-state index contributed by atoms with van der Waals surface area (Å²) in [5, 5.41) is 14.1. The van der Waals surface area contributed by atoms with Crippen molar-refractivity contribution in [1.29, 1.82) is 0 Å². The highest BCUT2D eigenvalue weighted by molar-refractivity contribution is 8.18. The Hall–Kier alpha value is -2.91. The quantitative estimate of drug-likeness (QED) is 0.495. The van der Waals surface area contributed by atoms with Crippen molar-refractivity contribution in [3.05, 3.63) is 68.4 Å². The number of carbonyl (C=O) groups is 1. The molecule has 1 fully saturated rings. The molecule has 1 aliphatic heterocycles. The van der Waals surface area contributed by atoms with Gasteiger partial charge in [0.2, 0.25) is 0 Å². The average molecular weight is 377 g/mol. The summed E-state index contributed by atoms with van der Waals surface area (Å²) in [6.45, 7) is 0. The zero-order valence-corrected chi connectivity index (χ0v) is 14.0. The van der Waals surface area contributed by atoms with Crippen LogP contribution in [-0.2, 0) is 4.79 Å². The van der Waals surface area contributed by atoms with Crippen LogP contribution < -0.4 is 5.32 Å². The van der Waals surface area contributed by atoms with E-state index in [0.717, 1.165) is 11.8 Å². The minimum atomic E-state index is -0.621. The smallest absolute Gasteiger partial charge is 0.401 e. The highest BCUT2D eigenvalue weighted by Gasteiger charge is 2.23. The van der Waals surface area contributed by atoms with E-state index in [2.05, 4.69) is 15.3 Å². The molecule has 10 heteroatoms. The van der Waals surface area contributed by atoms with Crippen LogP contribution in [0.5, 0.6) is 0 Å². The number of carbonyl (C=O) groups excluding carboxylic acids is 1. The van der Waals surface area contributed by atoms with Gasteiger partial charge in [-0.15, -0.1) is 0 Å². The van der Waals surface area contributed by atoms with E-state index in [0.29, 0.717) is 26.7 Å². The van der Waals surface area contributed by atoms with Crippen molar-refractivity contribution >= 4 is 52.2 Å². The van der Waals surface area contributed by atoms with Gasteiger partial charge < -0.3 is 9.73 Å². The van der Waals surface area contributed by atoms with E-state index < -0.39 is 4.92 Å².